The van der Waals surface area contributed by atoms with Gasteiger partial charge in [-0.25, -0.2) is 4.39 Å². The first-order chi connectivity index (χ1) is 17.6. The molecule has 0 saturated heterocycles. The molecule has 5 rings (SSSR count). The van der Waals surface area contributed by atoms with Crippen LogP contribution in [0.15, 0.2) is 64.0 Å². The first-order valence-electron chi connectivity index (χ1n) is 11.4. The van der Waals surface area contributed by atoms with Crippen LogP contribution in [0.4, 0.5) is 4.39 Å². The number of carbonyl (C=O) groups excluding carboxylic acids is 2. The number of hydrogen-bond acceptors (Lipinski definition) is 4. The van der Waals surface area contributed by atoms with E-state index in [1.165, 1.54) is 22.7 Å². The Kier molecular flexibility index (Phi) is 7.09. The lowest BCUT2D eigenvalue weighted by Crippen LogP contribution is -2.48. The number of primary amides is 1. The molecule has 1 aliphatic heterocycles. The largest absolute Gasteiger partial charge is 0.369 e. The van der Waals surface area contributed by atoms with E-state index in [1.54, 1.807) is 36.4 Å². The summed E-state index contributed by atoms with van der Waals surface area (Å²) in [5.41, 5.74) is 4.75. The van der Waals surface area contributed by atoms with Crippen molar-refractivity contribution in [3.63, 3.8) is 0 Å². The fraction of sp³-hybridized carbons (Fsp3) is 0.259. The number of ether oxygens (including phenoxy) is 1. The summed E-state index contributed by atoms with van der Waals surface area (Å²) in [5, 5.41) is 1.04. The van der Waals surface area contributed by atoms with Gasteiger partial charge in [0.25, 0.3) is 5.91 Å². The molecule has 0 bridgehead atoms. The molecule has 192 valence electrons. The van der Waals surface area contributed by atoms with Gasteiger partial charge in [0.2, 0.25) is 5.91 Å². The number of rotatable bonds is 8. The van der Waals surface area contributed by atoms with Crippen molar-refractivity contribution in [3.8, 4) is 0 Å². The summed E-state index contributed by atoms with van der Waals surface area (Å²) in [6, 6.07) is 15.1. The molecule has 2 amide bonds. The Morgan fingerprint density at radius 3 is 2.43 bits per heavy atom. The van der Waals surface area contributed by atoms with E-state index in [9.17, 15) is 9.59 Å². The van der Waals surface area contributed by atoms with Crippen LogP contribution in [-0.2, 0) is 21.8 Å². The molecule has 3 aromatic carbocycles. The molecule has 1 saturated carbocycles. The van der Waals surface area contributed by atoms with E-state index in [-0.39, 0.29) is 24.3 Å². The minimum atomic E-state index is -1.66. The lowest BCUT2D eigenvalue weighted by Gasteiger charge is -2.40. The fourth-order valence-electron chi connectivity index (χ4n) is 4.78. The van der Waals surface area contributed by atoms with Gasteiger partial charge in [-0.1, -0.05) is 57.3 Å². The molecule has 37 heavy (non-hydrogen) atoms. The van der Waals surface area contributed by atoms with E-state index in [4.69, 9.17) is 33.7 Å². The van der Waals surface area contributed by atoms with Gasteiger partial charge in [0.05, 0.1) is 29.7 Å². The molecule has 2 aliphatic rings. The smallest absolute Gasteiger partial charge is 0.257 e. The summed E-state index contributed by atoms with van der Waals surface area (Å²) in [6.45, 7) is 0.0315. The summed E-state index contributed by atoms with van der Waals surface area (Å²) in [5.74, 6) is -1.50. The Morgan fingerprint density at radius 2 is 1.81 bits per heavy atom. The van der Waals surface area contributed by atoms with Crippen molar-refractivity contribution in [1.82, 2.24) is 4.90 Å². The minimum Gasteiger partial charge on any atom is -0.369 e. The third-order valence-corrected chi connectivity index (χ3v) is 8.76. The molecule has 3 aromatic rings. The van der Waals surface area contributed by atoms with E-state index in [0.717, 1.165) is 10.5 Å². The maximum atomic E-state index is 15.9. The number of carbonyl (C=O) groups is 2. The minimum absolute atomic E-state index is 0.0698. The monoisotopic (exact) mass is 622 g/mol. The number of nitrogens with two attached hydrogens (primary N) is 1. The molecule has 1 atom stereocenters. The number of benzene rings is 3. The summed E-state index contributed by atoms with van der Waals surface area (Å²) < 4.78 is 22.9. The zero-order valence-corrected chi connectivity index (χ0v) is 23.6. The number of thioether (sulfide) groups is 1. The molecule has 2 N–H and O–H groups in total. The van der Waals surface area contributed by atoms with Crippen molar-refractivity contribution in [2.45, 2.75) is 30.0 Å². The highest BCUT2D eigenvalue weighted by Gasteiger charge is 2.57. The highest BCUT2D eigenvalue weighted by atomic mass is 79.9. The van der Waals surface area contributed by atoms with Crippen molar-refractivity contribution in [1.29, 1.82) is 0 Å². The van der Waals surface area contributed by atoms with Crippen LogP contribution in [0.5, 0.6) is 0 Å². The third-order valence-electron chi connectivity index (χ3n) is 7.00. The first kappa shape index (κ1) is 26.5. The molecular formula is C27H22BrCl2FN2O3S. The van der Waals surface area contributed by atoms with Crippen LogP contribution in [-0.4, -0.2) is 29.6 Å². The van der Waals surface area contributed by atoms with Crippen molar-refractivity contribution < 1.29 is 18.7 Å². The first-order valence-corrected chi connectivity index (χ1v) is 14.2. The standard InChI is InChI=1S/C27H22BrCl2FN2O3S/c1-37-22-12-19(30)5-2-15(22)13-33-24(34)20-10-17(28)11-21(31)23(20)27(33,16-3-6-18(29)7-4-16)36-14-26(8-9-26)25(32)35/h2-7,10-12H,8-9,13-14H2,1H3,(H2,32,35). The van der Waals surface area contributed by atoms with Crippen LogP contribution >= 0.6 is 50.9 Å². The Morgan fingerprint density at radius 1 is 1.14 bits per heavy atom. The van der Waals surface area contributed by atoms with E-state index >= 15 is 4.39 Å². The Balaban J connectivity index is 1.73. The van der Waals surface area contributed by atoms with Gasteiger partial charge in [0, 0.05) is 25.0 Å². The fourth-order valence-corrected chi connectivity index (χ4v) is 6.21. The molecule has 1 fully saturated rings. The van der Waals surface area contributed by atoms with Crippen LogP contribution in [0.3, 0.4) is 0 Å². The maximum absolute atomic E-state index is 15.9. The topological polar surface area (TPSA) is 72.6 Å². The molecule has 10 heteroatoms. The van der Waals surface area contributed by atoms with Gasteiger partial charge in [-0.15, -0.1) is 11.8 Å². The van der Waals surface area contributed by atoms with Crippen LogP contribution in [0.25, 0.3) is 0 Å². The summed E-state index contributed by atoms with van der Waals surface area (Å²) >= 11 is 17.2. The van der Waals surface area contributed by atoms with Crippen molar-refractivity contribution in [3.05, 3.63) is 97.2 Å². The predicted octanol–water partition coefficient (Wildman–Crippen LogP) is 6.76. The highest BCUT2D eigenvalue weighted by molar-refractivity contribution is 9.10. The molecular weight excluding hydrogens is 602 g/mol. The summed E-state index contributed by atoms with van der Waals surface area (Å²) in [4.78, 5) is 28.6. The lowest BCUT2D eigenvalue weighted by molar-refractivity contribution is -0.142. The second-order valence-corrected chi connectivity index (χ2v) is 11.9. The average molecular weight is 624 g/mol. The van der Waals surface area contributed by atoms with E-state index in [0.29, 0.717) is 32.9 Å². The molecule has 0 spiro atoms. The van der Waals surface area contributed by atoms with Crippen molar-refractivity contribution in [2.75, 3.05) is 12.9 Å². The Labute approximate surface area is 236 Å². The molecule has 1 heterocycles. The third kappa shape index (κ3) is 4.57. The van der Waals surface area contributed by atoms with E-state index in [2.05, 4.69) is 15.9 Å². The Hall–Kier alpha value is -2.10. The van der Waals surface area contributed by atoms with Gasteiger partial charge in [0.1, 0.15) is 5.82 Å². The van der Waals surface area contributed by atoms with Crippen molar-refractivity contribution in [2.24, 2.45) is 11.1 Å². The van der Waals surface area contributed by atoms with E-state index in [1.807, 2.05) is 18.4 Å². The van der Waals surface area contributed by atoms with Crippen LogP contribution in [0.1, 0.15) is 39.9 Å². The summed E-state index contributed by atoms with van der Waals surface area (Å²) in [7, 11) is 0. The quantitative estimate of drug-likeness (QED) is 0.282. The number of nitrogens with zero attached hydrogens (tertiary/aromatic N) is 1. The van der Waals surface area contributed by atoms with Gasteiger partial charge < -0.3 is 10.5 Å². The summed E-state index contributed by atoms with van der Waals surface area (Å²) in [6.07, 6.45) is 3.05. The maximum Gasteiger partial charge on any atom is 0.257 e. The Bertz CT molecular complexity index is 1420. The molecule has 0 aromatic heterocycles. The lowest BCUT2D eigenvalue weighted by atomic mass is 9.92. The highest BCUT2D eigenvalue weighted by Crippen LogP contribution is 2.52. The van der Waals surface area contributed by atoms with Crippen molar-refractivity contribution >= 4 is 62.7 Å². The van der Waals surface area contributed by atoms with Crippen LogP contribution in [0, 0.1) is 11.2 Å². The molecule has 1 aliphatic carbocycles. The number of hydrogen-bond donors (Lipinski definition) is 1. The molecule has 0 radical (unpaired) electrons. The van der Waals surface area contributed by atoms with Crippen LogP contribution < -0.4 is 5.73 Å². The number of halogens is 4. The van der Waals surface area contributed by atoms with Gasteiger partial charge in [-0.05, 0) is 61.1 Å². The number of amides is 2. The SMILES string of the molecule is CSc1cc(Cl)ccc1CN1C(=O)c2cc(Br)cc(F)c2C1(OCC1(C(N)=O)CC1)c1ccc(Cl)cc1. The normalized spacial score (nSPS) is 19.7. The van der Waals surface area contributed by atoms with Gasteiger partial charge in [-0.2, -0.15) is 0 Å². The second kappa shape index (κ2) is 9.89. The number of fused-ring (bicyclic) bond motifs is 1. The average Bonchev–Trinajstić information content (AvgIpc) is 3.62. The molecule has 5 nitrogen and oxygen atoms in total. The van der Waals surface area contributed by atoms with Gasteiger partial charge >= 0.3 is 0 Å². The zero-order valence-electron chi connectivity index (χ0n) is 19.7. The zero-order chi connectivity index (χ0) is 26.5. The van der Waals surface area contributed by atoms with E-state index < -0.39 is 28.8 Å². The predicted molar refractivity (Wildman–Crippen MR) is 146 cm³/mol. The molecule has 1 unspecified atom stereocenters. The van der Waals surface area contributed by atoms with Gasteiger partial charge in [-0.3, -0.25) is 14.5 Å². The second-order valence-electron chi connectivity index (χ2n) is 9.24. The van der Waals surface area contributed by atoms with Gasteiger partial charge in [0.15, 0.2) is 5.72 Å². The van der Waals surface area contributed by atoms with Crippen LogP contribution in [0.2, 0.25) is 10.0 Å².